The number of aryl methyl sites for hydroxylation is 2. The van der Waals surface area contributed by atoms with Crippen LogP contribution < -0.4 is 5.56 Å². The van der Waals surface area contributed by atoms with Crippen molar-refractivity contribution in [2.75, 3.05) is 19.8 Å². The van der Waals surface area contributed by atoms with Crippen LogP contribution in [0.2, 0.25) is 0 Å². The highest BCUT2D eigenvalue weighted by Crippen LogP contribution is 2.55. The fourth-order valence-corrected chi connectivity index (χ4v) is 9.70. The first-order chi connectivity index (χ1) is 23.9. The van der Waals surface area contributed by atoms with Crippen LogP contribution in [0.3, 0.4) is 0 Å². The van der Waals surface area contributed by atoms with Gasteiger partial charge in [-0.3, -0.25) is 23.0 Å². The molecule has 50 heavy (non-hydrogen) atoms. The molecule has 0 aromatic carbocycles. The Morgan fingerprint density at radius 1 is 0.860 bits per heavy atom. The number of alkyl halides is 2. The quantitative estimate of drug-likeness (QED) is 0.253. The largest absolute Gasteiger partial charge is 0.395 e. The molecule has 23 heteroatoms. The van der Waals surface area contributed by atoms with Crippen LogP contribution in [0.4, 0.5) is 8.78 Å². The molecule has 2 bridgehead atoms. The molecular weight excluding hydrogens is 746 g/mol. The molecule has 270 valence electrons. The van der Waals surface area contributed by atoms with Crippen LogP contribution in [0, 0.1) is 0 Å². The number of aliphatic hydroxyl groups is 1. The van der Waals surface area contributed by atoms with E-state index in [-0.39, 0.29) is 24.3 Å². The van der Waals surface area contributed by atoms with Gasteiger partial charge in [0.15, 0.2) is 36.0 Å². The molecule has 7 heterocycles. The second-order valence-electron chi connectivity index (χ2n) is 12.3. The molecule has 2 unspecified atom stereocenters. The Kier molecular flexibility index (Phi) is 9.28. The molecule has 3 fully saturated rings. The van der Waals surface area contributed by atoms with Crippen molar-refractivity contribution in [1.82, 2.24) is 33.6 Å². The summed E-state index contributed by atoms with van der Waals surface area (Å²) in [6.45, 7) is -10.3. The van der Waals surface area contributed by atoms with Crippen LogP contribution in [-0.2, 0) is 70.6 Å². The maximum atomic E-state index is 16.4. The lowest BCUT2D eigenvalue weighted by molar-refractivity contribution is -0.0598. The molecular formula is C27H31F2N7O10P2S2. The highest BCUT2D eigenvalue weighted by molar-refractivity contribution is 8.07. The van der Waals surface area contributed by atoms with Crippen molar-refractivity contribution in [2.45, 2.75) is 81.4 Å². The molecule has 3 aliphatic heterocycles. The molecule has 4 aromatic rings. The van der Waals surface area contributed by atoms with E-state index in [0.29, 0.717) is 5.65 Å². The van der Waals surface area contributed by atoms with Crippen LogP contribution in [0.15, 0.2) is 30.0 Å². The van der Waals surface area contributed by atoms with Gasteiger partial charge in [-0.2, -0.15) is 0 Å². The highest BCUT2D eigenvalue weighted by Gasteiger charge is 2.53. The Bertz CT molecular complexity index is 2110. The third-order valence-corrected chi connectivity index (χ3v) is 12.3. The predicted octanol–water partition coefficient (Wildman–Crippen LogP) is 1.63. The lowest BCUT2D eigenvalue weighted by Crippen LogP contribution is -2.34. The first-order valence-electron chi connectivity index (χ1n) is 15.7. The van der Waals surface area contributed by atoms with Gasteiger partial charge in [-0.1, -0.05) is 0 Å². The number of aromatic nitrogens is 7. The number of fused-ring (bicyclic) bond motifs is 4. The van der Waals surface area contributed by atoms with Crippen molar-refractivity contribution in [1.29, 1.82) is 0 Å². The Balaban J connectivity index is 1.10. The monoisotopic (exact) mass is 777 g/mol. The molecule has 17 nitrogen and oxygen atoms in total. The summed E-state index contributed by atoms with van der Waals surface area (Å²) in [6, 6.07) is 0. The zero-order valence-electron chi connectivity index (χ0n) is 25.9. The smallest absolute Gasteiger partial charge is 0.325 e. The standard InChI is InChI=1S/C27H31F2N7O10P2S2/c28-18-15-8-41-47(39,49)45-21-16(44-26(19(21)29)35-7-13-3-1-2-4-14-17(13)23(35)31-10-30-14)9-42-48(40,50)46-22(18)27(43-15)36-12-32-20-24(36)33-11-34(5-6-37)25(20)38/h7,10-12,15-16,18-19,21-22,26-27,37H,1-6,8-9H2,(H,39,49)(H,40,50)/t15-,16-,18-,19-,21-,22-,26-,27-,47?,48?/m1/s1. The number of halogens is 2. The van der Waals surface area contributed by atoms with E-state index >= 15 is 8.78 Å². The average molecular weight is 778 g/mol. The maximum Gasteiger partial charge on any atom is 0.325 e. The molecule has 4 aromatic heterocycles. The van der Waals surface area contributed by atoms with E-state index in [1.54, 1.807) is 10.8 Å². The number of hydrogen-bond acceptors (Lipinski definition) is 14. The average Bonchev–Trinajstić information content (AvgIpc) is 3.78. The second kappa shape index (κ2) is 13.3. The minimum Gasteiger partial charge on any atom is -0.395 e. The molecule has 3 N–H and O–H groups in total. The summed E-state index contributed by atoms with van der Waals surface area (Å²) in [6.07, 6.45) is -3.81. The molecule has 0 saturated carbocycles. The predicted molar refractivity (Wildman–Crippen MR) is 175 cm³/mol. The van der Waals surface area contributed by atoms with Gasteiger partial charge in [-0.05, 0) is 54.9 Å². The lowest BCUT2D eigenvalue weighted by atomic mass is 10.1. The molecule has 3 saturated heterocycles. The summed E-state index contributed by atoms with van der Waals surface area (Å²) in [7, 11) is 0. The summed E-state index contributed by atoms with van der Waals surface area (Å²) in [4.78, 5) is 52.3. The van der Waals surface area contributed by atoms with Crippen LogP contribution in [0.25, 0.3) is 22.2 Å². The van der Waals surface area contributed by atoms with Gasteiger partial charge >= 0.3 is 13.4 Å². The molecule has 0 amide bonds. The van der Waals surface area contributed by atoms with Crippen molar-refractivity contribution >= 4 is 59.2 Å². The van der Waals surface area contributed by atoms with E-state index < -0.39 is 81.4 Å². The van der Waals surface area contributed by atoms with E-state index in [1.807, 2.05) is 0 Å². The highest BCUT2D eigenvalue weighted by atomic mass is 32.5. The molecule has 4 aliphatic rings. The summed E-state index contributed by atoms with van der Waals surface area (Å²) in [5.41, 5.74) is 1.59. The van der Waals surface area contributed by atoms with Crippen molar-refractivity contribution in [3.8, 4) is 0 Å². The summed E-state index contributed by atoms with van der Waals surface area (Å²) < 4.78 is 70.9. The van der Waals surface area contributed by atoms with E-state index in [1.165, 1.54) is 23.5 Å². The van der Waals surface area contributed by atoms with Crippen molar-refractivity contribution in [3.05, 3.63) is 46.8 Å². The zero-order chi connectivity index (χ0) is 34.9. The minimum atomic E-state index is -4.34. The van der Waals surface area contributed by atoms with E-state index in [9.17, 15) is 19.7 Å². The Labute approximate surface area is 291 Å². The van der Waals surface area contributed by atoms with Crippen molar-refractivity contribution in [3.63, 3.8) is 0 Å². The summed E-state index contributed by atoms with van der Waals surface area (Å²) in [5, 5.41) is 10.1. The summed E-state index contributed by atoms with van der Waals surface area (Å²) in [5.74, 6) is 0. The van der Waals surface area contributed by atoms with Crippen LogP contribution in [0.5, 0.6) is 0 Å². The van der Waals surface area contributed by atoms with Crippen LogP contribution in [-0.4, -0.2) is 105 Å². The van der Waals surface area contributed by atoms with Gasteiger partial charge in [0, 0.05) is 11.6 Å². The Morgan fingerprint density at radius 3 is 2.36 bits per heavy atom. The van der Waals surface area contributed by atoms with Gasteiger partial charge < -0.3 is 38.0 Å². The van der Waals surface area contributed by atoms with E-state index in [0.717, 1.165) is 46.9 Å². The van der Waals surface area contributed by atoms with Crippen LogP contribution >= 0.6 is 13.4 Å². The Morgan fingerprint density at radius 2 is 1.58 bits per heavy atom. The van der Waals surface area contributed by atoms with Gasteiger partial charge in [0.05, 0.1) is 38.4 Å². The molecule has 1 aliphatic carbocycles. The van der Waals surface area contributed by atoms with Crippen molar-refractivity contribution in [2.24, 2.45) is 0 Å². The third kappa shape index (κ3) is 6.19. The second-order valence-corrected chi connectivity index (χ2v) is 17.8. The number of imidazole rings is 1. The number of hydrogen-bond donors (Lipinski definition) is 3. The first-order valence-corrected chi connectivity index (χ1v) is 20.9. The molecule has 10 atom stereocenters. The maximum absolute atomic E-state index is 16.4. The first kappa shape index (κ1) is 34.8. The number of nitrogens with zero attached hydrogens (tertiary/aromatic N) is 7. The van der Waals surface area contributed by atoms with E-state index in [2.05, 4.69) is 19.9 Å². The fourth-order valence-electron chi connectivity index (χ4n) is 6.86. The SMILES string of the molecule is O=c1c2ncn([C@@H]3O[C@@H]4COP(O)(=S)O[C@H]5[C@@H](F)[C@H](n6cc7c8c(ncnc86)CCCC7)O[C@@H]5COP(O)(=S)O[C@@H]3[C@@H]4F)c2ncn1CCO. The van der Waals surface area contributed by atoms with E-state index in [4.69, 9.17) is 51.2 Å². The van der Waals surface area contributed by atoms with Crippen molar-refractivity contribution < 1.29 is 51.2 Å². The van der Waals surface area contributed by atoms with Gasteiger partial charge in [-0.15, -0.1) is 0 Å². The molecule has 8 rings (SSSR count). The number of ether oxygens (including phenoxy) is 2. The van der Waals surface area contributed by atoms with Crippen LogP contribution in [0.1, 0.15) is 36.6 Å². The van der Waals surface area contributed by atoms with Gasteiger partial charge in [0.25, 0.3) is 5.56 Å². The minimum absolute atomic E-state index is 0.00765. The third-order valence-electron chi connectivity index (χ3n) is 9.16. The fraction of sp³-hybridized carbons (Fsp3) is 0.593. The Hall–Kier alpha value is -2.23. The van der Waals surface area contributed by atoms with Gasteiger partial charge in [0.2, 0.25) is 0 Å². The van der Waals surface area contributed by atoms with Gasteiger partial charge in [0.1, 0.15) is 42.7 Å². The molecule has 0 spiro atoms. The summed E-state index contributed by atoms with van der Waals surface area (Å²) >= 11 is 10.5. The number of rotatable bonds is 4. The zero-order valence-corrected chi connectivity index (χ0v) is 29.3. The topological polar surface area (TPSA) is 199 Å². The molecule has 0 radical (unpaired) electrons. The lowest BCUT2D eigenvalue weighted by Gasteiger charge is -2.27. The normalized spacial score (nSPS) is 36.5. The van der Waals surface area contributed by atoms with Gasteiger partial charge in [-0.25, -0.2) is 28.7 Å². The number of aliphatic hydroxyl groups excluding tert-OH is 1.